The summed E-state index contributed by atoms with van der Waals surface area (Å²) in [5, 5.41) is 8.88. The van der Waals surface area contributed by atoms with Gasteiger partial charge in [-0.3, -0.25) is 0 Å². The zero-order valence-corrected chi connectivity index (χ0v) is 10.2. The van der Waals surface area contributed by atoms with Gasteiger partial charge in [0, 0.05) is 11.1 Å². The number of benzene rings is 1. The molecule has 16 heavy (non-hydrogen) atoms. The maximum absolute atomic E-state index is 11.3. The molecule has 1 rings (SSSR count). The van der Waals surface area contributed by atoms with Gasteiger partial charge in [0.05, 0.1) is 6.07 Å². The van der Waals surface area contributed by atoms with Crippen molar-refractivity contribution in [3.63, 3.8) is 0 Å². The predicted octanol–water partition coefficient (Wildman–Crippen LogP) is 1.84. The SMILES string of the molecule is CC(NS(=O)(=O)CC#N)c1cccc(Cl)c1. The Hall–Kier alpha value is -1.09. The Morgan fingerprint density at radius 2 is 2.25 bits per heavy atom. The first-order valence-corrected chi connectivity index (χ1v) is 6.60. The van der Waals surface area contributed by atoms with Crippen LogP contribution < -0.4 is 4.72 Å². The van der Waals surface area contributed by atoms with Gasteiger partial charge < -0.3 is 0 Å². The number of nitrogens with one attached hydrogen (secondary N) is 1. The number of hydrogen-bond acceptors (Lipinski definition) is 3. The Labute approximate surface area is 99.9 Å². The summed E-state index contributed by atoms with van der Waals surface area (Å²) >= 11 is 5.79. The molecule has 0 saturated carbocycles. The highest BCUT2D eigenvalue weighted by molar-refractivity contribution is 7.89. The highest BCUT2D eigenvalue weighted by atomic mass is 35.5. The molecule has 0 aliphatic carbocycles. The van der Waals surface area contributed by atoms with Crippen LogP contribution in [-0.4, -0.2) is 14.2 Å². The quantitative estimate of drug-likeness (QED) is 0.896. The van der Waals surface area contributed by atoms with E-state index >= 15 is 0 Å². The third-order valence-corrected chi connectivity index (χ3v) is 3.42. The zero-order valence-electron chi connectivity index (χ0n) is 8.64. The van der Waals surface area contributed by atoms with Crippen molar-refractivity contribution in [2.24, 2.45) is 0 Å². The van der Waals surface area contributed by atoms with Crippen LogP contribution in [0.4, 0.5) is 0 Å². The highest BCUT2D eigenvalue weighted by Gasteiger charge is 2.15. The fourth-order valence-corrected chi connectivity index (χ4v) is 2.37. The first-order valence-electron chi connectivity index (χ1n) is 4.57. The molecular formula is C10H11ClN2O2S. The van der Waals surface area contributed by atoms with Crippen molar-refractivity contribution in [2.45, 2.75) is 13.0 Å². The zero-order chi connectivity index (χ0) is 12.2. The van der Waals surface area contributed by atoms with Crippen molar-refractivity contribution in [1.29, 1.82) is 5.26 Å². The Morgan fingerprint density at radius 3 is 2.81 bits per heavy atom. The van der Waals surface area contributed by atoms with Gasteiger partial charge in [-0.25, -0.2) is 13.1 Å². The second kappa shape index (κ2) is 5.30. The van der Waals surface area contributed by atoms with E-state index in [1.54, 1.807) is 37.3 Å². The molecule has 0 amide bonds. The van der Waals surface area contributed by atoms with Crippen molar-refractivity contribution >= 4 is 21.6 Å². The molecule has 0 heterocycles. The second-order valence-electron chi connectivity index (χ2n) is 3.31. The molecule has 0 fully saturated rings. The number of rotatable bonds is 4. The molecule has 86 valence electrons. The Balaban J connectivity index is 2.81. The van der Waals surface area contributed by atoms with E-state index in [4.69, 9.17) is 16.9 Å². The molecule has 0 bridgehead atoms. The molecule has 0 aliphatic rings. The summed E-state index contributed by atoms with van der Waals surface area (Å²) in [6.45, 7) is 1.70. The lowest BCUT2D eigenvalue weighted by atomic mass is 10.1. The number of hydrogen-bond donors (Lipinski definition) is 1. The Bertz CT molecular complexity index is 508. The third kappa shape index (κ3) is 3.81. The van der Waals surface area contributed by atoms with Gasteiger partial charge in [-0.2, -0.15) is 5.26 Å². The summed E-state index contributed by atoms with van der Waals surface area (Å²) in [7, 11) is -3.55. The van der Waals surface area contributed by atoms with Crippen LogP contribution in [0, 0.1) is 11.3 Å². The monoisotopic (exact) mass is 258 g/mol. The van der Waals surface area contributed by atoms with Gasteiger partial charge in [-0.15, -0.1) is 0 Å². The van der Waals surface area contributed by atoms with Crippen LogP contribution in [0.1, 0.15) is 18.5 Å². The van der Waals surface area contributed by atoms with Crippen molar-refractivity contribution in [2.75, 3.05) is 5.75 Å². The van der Waals surface area contributed by atoms with E-state index < -0.39 is 21.8 Å². The molecule has 1 aromatic carbocycles. The molecular weight excluding hydrogens is 248 g/mol. The first kappa shape index (κ1) is 13.0. The van der Waals surface area contributed by atoms with E-state index in [1.165, 1.54) is 0 Å². The minimum absolute atomic E-state index is 0.406. The topological polar surface area (TPSA) is 70.0 Å². The molecule has 1 unspecified atom stereocenters. The molecule has 0 aromatic heterocycles. The van der Waals surface area contributed by atoms with E-state index in [0.29, 0.717) is 5.02 Å². The lowest BCUT2D eigenvalue weighted by molar-refractivity contribution is 0.570. The second-order valence-corrected chi connectivity index (χ2v) is 5.50. The standard InChI is InChI=1S/C10H11ClN2O2S/c1-8(13-16(14,15)6-5-12)9-3-2-4-10(11)7-9/h2-4,7-8,13H,6H2,1H3. The maximum atomic E-state index is 11.3. The van der Waals surface area contributed by atoms with Gasteiger partial charge >= 0.3 is 0 Å². The van der Waals surface area contributed by atoms with E-state index in [0.717, 1.165) is 5.56 Å². The summed E-state index contributed by atoms with van der Waals surface area (Å²) in [6, 6.07) is 8.10. The van der Waals surface area contributed by atoms with Crippen LogP contribution >= 0.6 is 11.6 Å². The smallest absolute Gasteiger partial charge is 0.211 e. The molecule has 0 saturated heterocycles. The van der Waals surface area contributed by atoms with Gasteiger partial charge in [0.2, 0.25) is 10.0 Å². The molecule has 6 heteroatoms. The number of sulfonamides is 1. The van der Waals surface area contributed by atoms with E-state index in [2.05, 4.69) is 4.72 Å². The van der Waals surface area contributed by atoms with Crippen molar-refractivity contribution in [3.8, 4) is 6.07 Å². The van der Waals surface area contributed by atoms with Crippen molar-refractivity contribution in [1.82, 2.24) is 4.72 Å². The first-order chi connectivity index (χ1) is 7.44. The summed E-state index contributed by atoms with van der Waals surface area (Å²) in [4.78, 5) is 0. The van der Waals surface area contributed by atoms with Gasteiger partial charge in [0.25, 0.3) is 0 Å². The minimum Gasteiger partial charge on any atom is -0.211 e. The largest absolute Gasteiger partial charge is 0.225 e. The predicted molar refractivity (Wildman–Crippen MR) is 62.4 cm³/mol. The summed E-state index contributed by atoms with van der Waals surface area (Å²) in [5.41, 5.74) is 0.758. The van der Waals surface area contributed by atoms with Crippen LogP contribution in [0.2, 0.25) is 5.02 Å². The molecule has 0 spiro atoms. The number of halogens is 1. The van der Waals surface area contributed by atoms with Gasteiger partial charge in [0.1, 0.15) is 0 Å². The maximum Gasteiger partial charge on any atom is 0.225 e. The average molecular weight is 259 g/mol. The number of nitriles is 1. The summed E-state index contributed by atoms with van der Waals surface area (Å²) < 4.78 is 25.1. The van der Waals surface area contributed by atoms with Crippen molar-refractivity contribution in [3.05, 3.63) is 34.9 Å². The van der Waals surface area contributed by atoms with Crippen LogP contribution in [0.25, 0.3) is 0 Å². The van der Waals surface area contributed by atoms with Crippen LogP contribution in [-0.2, 0) is 10.0 Å². The summed E-state index contributed by atoms with van der Waals surface area (Å²) in [6.07, 6.45) is 0. The average Bonchev–Trinajstić information content (AvgIpc) is 2.16. The third-order valence-electron chi connectivity index (χ3n) is 1.96. The highest BCUT2D eigenvalue weighted by Crippen LogP contribution is 2.17. The summed E-state index contributed by atoms with van der Waals surface area (Å²) in [5.74, 6) is -0.544. The fraction of sp³-hybridized carbons (Fsp3) is 0.300. The van der Waals surface area contributed by atoms with Gasteiger partial charge in [-0.1, -0.05) is 23.7 Å². The molecule has 1 aromatic rings. The van der Waals surface area contributed by atoms with Gasteiger partial charge in [-0.05, 0) is 24.6 Å². The minimum atomic E-state index is -3.55. The Morgan fingerprint density at radius 1 is 1.56 bits per heavy atom. The van der Waals surface area contributed by atoms with Crippen LogP contribution in [0.5, 0.6) is 0 Å². The molecule has 1 N–H and O–H groups in total. The van der Waals surface area contributed by atoms with Crippen LogP contribution in [0.3, 0.4) is 0 Å². The van der Waals surface area contributed by atoms with E-state index in [1.807, 2.05) is 0 Å². The van der Waals surface area contributed by atoms with E-state index in [-0.39, 0.29) is 0 Å². The van der Waals surface area contributed by atoms with E-state index in [9.17, 15) is 8.42 Å². The lowest BCUT2D eigenvalue weighted by Gasteiger charge is -2.13. The van der Waals surface area contributed by atoms with Crippen molar-refractivity contribution < 1.29 is 8.42 Å². The molecule has 0 aliphatic heterocycles. The molecule has 1 atom stereocenters. The fourth-order valence-electron chi connectivity index (χ4n) is 1.24. The van der Waals surface area contributed by atoms with Crippen LogP contribution in [0.15, 0.2) is 24.3 Å². The Kier molecular flexibility index (Phi) is 4.30. The van der Waals surface area contributed by atoms with Gasteiger partial charge in [0.15, 0.2) is 5.75 Å². The molecule has 4 nitrogen and oxygen atoms in total. The molecule has 0 radical (unpaired) electrons. The lowest BCUT2D eigenvalue weighted by Crippen LogP contribution is -2.28. The normalized spacial score (nSPS) is 13.1. The number of nitrogens with zero attached hydrogens (tertiary/aromatic N) is 1.